The number of fused-ring (bicyclic) bond motifs is 4. The van der Waals surface area contributed by atoms with Crippen molar-refractivity contribution < 1.29 is 29.3 Å². The van der Waals surface area contributed by atoms with Crippen molar-refractivity contribution in [3.63, 3.8) is 0 Å². The highest BCUT2D eigenvalue weighted by molar-refractivity contribution is 6.20. The van der Waals surface area contributed by atoms with E-state index in [1.807, 2.05) is 52.0 Å². The van der Waals surface area contributed by atoms with E-state index in [2.05, 4.69) is 0 Å². The smallest absolute Gasteiger partial charge is 0.305 e. The number of ether oxygens (including phenoxy) is 2. The molecule has 0 aliphatic carbocycles. The van der Waals surface area contributed by atoms with Crippen LogP contribution in [-0.2, 0) is 19.1 Å². The summed E-state index contributed by atoms with van der Waals surface area (Å²) >= 11 is 0. The summed E-state index contributed by atoms with van der Waals surface area (Å²) in [5, 5.41) is 21.6. The second-order valence-corrected chi connectivity index (χ2v) is 11.9. The van der Waals surface area contributed by atoms with Crippen LogP contribution in [0.25, 0.3) is 0 Å². The number of allylic oxidation sites excluding steroid dienone is 10. The molecule has 0 aromatic rings. The molecule has 2 N–H and O–H groups in total. The van der Waals surface area contributed by atoms with Crippen molar-refractivity contribution in [2.45, 2.75) is 79.4 Å². The molecule has 0 saturated carbocycles. The number of methoxy groups -OCH3 is 2. The molecule has 10 nitrogen and oxygen atoms in total. The summed E-state index contributed by atoms with van der Waals surface area (Å²) in [7, 11) is 2.73. The van der Waals surface area contributed by atoms with Crippen LogP contribution in [0.4, 0.5) is 0 Å². The molecular formula is C36H40N4O6. The molecule has 0 amide bonds. The standard InChI is InChI=1S/C36H40N4O6/c1-17-23(9-11-33(43)45-7)29-16-30-24(10-12-34(44)46-8)18(2)26(38-30)14-31-36(22(6)42)20(4)28(40-31)15-32-35(21(5)41)19(3)27(39-32)13-25(17)37-29/h13-16,21-22,41-42H,9-12H2,1-8H3. The number of aliphatic hydroxyl groups is 2. The van der Waals surface area contributed by atoms with Crippen LogP contribution in [0.1, 0.15) is 67.2 Å². The molecule has 0 fully saturated rings. The summed E-state index contributed by atoms with van der Waals surface area (Å²) in [5.41, 5.74) is 11.7. The van der Waals surface area contributed by atoms with Crippen LogP contribution in [0.15, 0.2) is 112 Å². The summed E-state index contributed by atoms with van der Waals surface area (Å²) in [4.78, 5) is 44.2. The summed E-state index contributed by atoms with van der Waals surface area (Å²) in [6.45, 7) is 11.2. The number of rotatable bonds is 8. The van der Waals surface area contributed by atoms with Gasteiger partial charge in [-0.25, -0.2) is 20.0 Å². The highest BCUT2D eigenvalue weighted by Crippen LogP contribution is 2.38. The first-order valence-electron chi connectivity index (χ1n) is 15.4. The van der Waals surface area contributed by atoms with Gasteiger partial charge in [0.2, 0.25) is 0 Å². The predicted molar refractivity (Wildman–Crippen MR) is 179 cm³/mol. The Balaban J connectivity index is 1.77. The minimum Gasteiger partial charge on any atom is -0.469 e. The van der Waals surface area contributed by atoms with Crippen molar-refractivity contribution in [2.24, 2.45) is 20.0 Å². The van der Waals surface area contributed by atoms with E-state index in [0.717, 1.165) is 33.4 Å². The third-order valence-electron chi connectivity index (χ3n) is 8.93. The molecule has 2 unspecified atom stereocenters. The molecule has 5 aliphatic rings. The van der Waals surface area contributed by atoms with Crippen molar-refractivity contribution >= 4 is 34.8 Å². The lowest BCUT2D eigenvalue weighted by Gasteiger charge is -2.10. The van der Waals surface area contributed by atoms with Crippen LogP contribution in [0.3, 0.4) is 0 Å². The Kier molecular flexibility index (Phi) is 9.32. The summed E-state index contributed by atoms with van der Waals surface area (Å²) in [6.07, 6.45) is 7.08. The zero-order chi connectivity index (χ0) is 33.4. The van der Waals surface area contributed by atoms with Gasteiger partial charge in [0.05, 0.1) is 72.1 Å². The first-order valence-corrected chi connectivity index (χ1v) is 15.4. The average Bonchev–Trinajstić information content (AvgIpc) is 3.67. The Morgan fingerprint density at radius 3 is 1.46 bits per heavy atom. The average molecular weight is 625 g/mol. The number of esters is 2. The van der Waals surface area contributed by atoms with Gasteiger partial charge in [-0.05, 0) is 112 Å². The fraction of sp³-hybridized carbons (Fsp3) is 0.389. The molecule has 0 spiro atoms. The maximum Gasteiger partial charge on any atom is 0.305 e. The number of aliphatic hydroxyl groups excluding tert-OH is 2. The number of nitrogens with zero attached hydrogens (tertiary/aromatic N) is 4. The minimum absolute atomic E-state index is 0.173. The molecule has 0 saturated heterocycles. The molecule has 46 heavy (non-hydrogen) atoms. The SMILES string of the molecule is COC(=O)CCC1=C(C)C2=NC1=CC1=NC(=CC3=NC(=CC4=NC(=C2)C(C(C)O)=C4C)C(C(C)O)=C3C)C(C)=C1CCC(=O)OC. The molecule has 0 aromatic heterocycles. The Labute approximate surface area is 269 Å². The number of aliphatic imine (C=N–C) groups is 4. The second kappa shape index (κ2) is 13.1. The van der Waals surface area contributed by atoms with Crippen molar-refractivity contribution in [1.29, 1.82) is 0 Å². The fourth-order valence-electron chi connectivity index (χ4n) is 6.35. The number of carbonyl (C=O) groups excluding carboxylic acids is 2. The fourth-order valence-corrected chi connectivity index (χ4v) is 6.35. The van der Waals surface area contributed by atoms with Crippen molar-refractivity contribution in [2.75, 3.05) is 14.2 Å². The van der Waals surface area contributed by atoms with Crippen LogP contribution < -0.4 is 0 Å². The number of hydrogen-bond donors (Lipinski definition) is 2. The van der Waals surface area contributed by atoms with Crippen LogP contribution in [0, 0.1) is 0 Å². The molecule has 2 atom stereocenters. The Morgan fingerprint density at radius 1 is 0.587 bits per heavy atom. The molecule has 240 valence electrons. The van der Waals surface area contributed by atoms with Crippen LogP contribution >= 0.6 is 0 Å². The Morgan fingerprint density at radius 2 is 0.978 bits per heavy atom. The van der Waals surface area contributed by atoms with Crippen LogP contribution in [0.5, 0.6) is 0 Å². The largest absolute Gasteiger partial charge is 0.469 e. The van der Waals surface area contributed by atoms with Gasteiger partial charge in [0, 0.05) is 24.0 Å². The molecule has 8 bridgehead atoms. The van der Waals surface area contributed by atoms with Gasteiger partial charge in [0.25, 0.3) is 0 Å². The normalized spacial score (nSPS) is 20.6. The van der Waals surface area contributed by atoms with Gasteiger partial charge in [0.1, 0.15) is 0 Å². The lowest BCUT2D eigenvalue weighted by Crippen LogP contribution is -2.09. The maximum absolute atomic E-state index is 12.2. The first kappa shape index (κ1) is 32.8. The van der Waals surface area contributed by atoms with Crippen molar-refractivity contribution in [3.05, 3.63) is 91.7 Å². The van der Waals surface area contributed by atoms with Gasteiger partial charge in [-0.2, -0.15) is 0 Å². The van der Waals surface area contributed by atoms with E-state index in [0.29, 0.717) is 69.6 Å². The molecule has 5 heterocycles. The topological polar surface area (TPSA) is 142 Å². The van der Waals surface area contributed by atoms with Crippen molar-refractivity contribution in [3.8, 4) is 0 Å². The molecule has 0 aromatic carbocycles. The molecule has 0 radical (unpaired) electrons. The highest BCUT2D eigenvalue weighted by atomic mass is 16.5. The zero-order valence-corrected chi connectivity index (χ0v) is 27.6. The second-order valence-electron chi connectivity index (χ2n) is 11.9. The summed E-state index contributed by atoms with van der Waals surface area (Å²) < 4.78 is 9.84. The maximum atomic E-state index is 12.2. The quantitative estimate of drug-likeness (QED) is 0.352. The van der Waals surface area contributed by atoms with Crippen molar-refractivity contribution in [1.82, 2.24) is 0 Å². The van der Waals surface area contributed by atoms with Crippen LogP contribution in [0.2, 0.25) is 0 Å². The zero-order valence-electron chi connectivity index (χ0n) is 27.6. The van der Waals surface area contributed by atoms with Crippen LogP contribution in [-0.4, -0.2) is 71.4 Å². The van der Waals surface area contributed by atoms with Gasteiger partial charge < -0.3 is 19.7 Å². The lowest BCUT2D eigenvalue weighted by molar-refractivity contribution is -0.141. The van der Waals surface area contributed by atoms with Gasteiger partial charge in [-0.1, -0.05) is 0 Å². The molecular weight excluding hydrogens is 584 g/mol. The van der Waals surface area contributed by atoms with E-state index in [1.54, 1.807) is 13.8 Å². The van der Waals surface area contributed by atoms with E-state index < -0.39 is 12.2 Å². The minimum atomic E-state index is -0.801. The van der Waals surface area contributed by atoms with E-state index in [-0.39, 0.29) is 24.8 Å². The Hall–Kier alpha value is -4.54. The van der Waals surface area contributed by atoms with Gasteiger partial charge >= 0.3 is 11.9 Å². The summed E-state index contributed by atoms with van der Waals surface area (Å²) in [6, 6.07) is 0. The van der Waals surface area contributed by atoms with E-state index >= 15 is 0 Å². The number of carbonyl (C=O) groups is 2. The monoisotopic (exact) mass is 624 g/mol. The molecule has 5 rings (SSSR count). The third kappa shape index (κ3) is 6.15. The summed E-state index contributed by atoms with van der Waals surface area (Å²) in [5.74, 6) is -0.652. The van der Waals surface area contributed by atoms with Gasteiger partial charge in [-0.3, -0.25) is 9.59 Å². The predicted octanol–water partition coefficient (Wildman–Crippen LogP) is 5.29. The Bertz CT molecular complexity index is 1810. The van der Waals surface area contributed by atoms with Gasteiger partial charge in [0.15, 0.2) is 0 Å². The first-order chi connectivity index (χ1) is 21.8. The van der Waals surface area contributed by atoms with E-state index in [4.69, 9.17) is 29.4 Å². The number of hydrogen-bond acceptors (Lipinski definition) is 10. The molecule has 10 heteroatoms. The highest BCUT2D eigenvalue weighted by Gasteiger charge is 2.31. The van der Waals surface area contributed by atoms with E-state index in [1.165, 1.54) is 14.2 Å². The lowest BCUT2D eigenvalue weighted by atomic mass is 9.95. The van der Waals surface area contributed by atoms with E-state index in [9.17, 15) is 19.8 Å². The molecule has 5 aliphatic heterocycles. The third-order valence-corrected chi connectivity index (χ3v) is 8.93. The van der Waals surface area contributed by atoms with Gasteiger partial charge in [-0.15, -0.1) is 0 Å².